The molecule has 1 aliphatic rings. The van der Waals surface area contributed by atoms with E-state index in [0.29, 0.717) is 11.5 Å². The summed E-state index contributed by atoms with van der Waals surface area (Å²) in [6.07, 6.45) is 5.31. The average Bonchev–Trinajstić information content (AvgIpc) is 3.02. The van der Waals surface area contributed by atoms with Gasteiger partial charge in [-0.1, -0.05) is 0 Å². The lowest BCUT2D eigenvalue weighted by Crippen LogP contribution is -2.18. The summed E-state index contributed by atoms with van der Waals surface area (Å²) in [7, 11) is -3.26. The maximum Gasteiger partial charge on any atom is 0.229 e. The molecular weight excluding hydrogens is 314 g/mol. The average molecular weight is 333 g/mol. The van der Waals surface area contributed by atoms with Gasteiger partial charge in [0, 0.05) is 30.5 Å². The van der Waals surface area contributed by atoms with Crippen LogP contribution < -0.4 is 14.9 Å². The molecule has 0 unspecified atom stereocenters. The fourth-order valence-electron chi connectivity index (χ4n) is 2.55. The zero-order chi connectivity index (χ0) is 16.3. The minimum absolute atomic E-state index is 0.523. The van der Waals surface area contributed by atoms with Crippen LogP contribution in [0.25, 0.3) is 0 Å². The minimum atomic E-state index is -3.26. The van der Waals surface area contributed by atoms with Gasteiger partial charge in [-0.25, -0.2) is 8.42 Å². The summed E-state index contributed by atoms with van der Waals surface area (Å²) in [5.41, 5.74) is 2.40. The van der Waals surface area contributed by atoms with Gasteiger partial charge < -0.3 is 10.2 Å². The second kappa shape index (κ2) is 6.41. The zero-order valence-corrected chi connectivity index (χ0v) is 13.7. The van der Waals surface area contributed by atoms with E-state index in [1.807, 2.05) is 6.07 Å². The quantitative estimate of drug-likeness (QED) is 0.872. The Morgan fingerprint density at radius 2 is 1.74 bits per heavy atom. The Balaban J connectivity index is 1.70. The van der Waals surface area contributed by atoms with E-state index in [0.717, 1.165) is 30.7 Å². The Bertz CT molecular complexity index is 771. The van der Waals surface area contributed by atoms with Crippen molar-refractivity contribution in [3.63, 3.8) is 0 Å². The van der Waals surface area contributed by atoms with E-state index >= 15 is 0 Å². The van der Waals surface area contributed by atoms with E-state index < -0.39 is 10.0 Å². The van der Waals surface area contributed by atoms with Crippen molar-refractivity contribution in [2.75, 3.05) is 34.3 Å². The molecule has 0 spiro atoms. The van der Waals surface area contributed by atoms with Gasteiger partial charge in [-0.05, 0) is 37.1 Å². The van der Waals surface area contributed by atoms with Crippen molar-refractivity contribution in [2.45, 2.75) is 12.8 Å². The number of hydrogen-bond acceptors (Lipinski definition) is 6. The first-order chi connectivity index (χ1) is 11.0. The molecule has 1 aromatic carbocycles. The molecule has 0 atom stereocenters. The third-order valence-corrected chi connectivity index (χ3v) is 4.18. The van der Waals surface area contributed by atoms with E-state index in [9.17, 15) is 8.42 Å². The lowest BCUT2D eigenvalue weighted by atomic mass is 10.3. The van der Waals surface area contributed by atoms with Crippen LogP contribution in [-0.2, 0) is 10.0 Å². The number of anilines is 4. The van der Waals surface area contributed by atoms with Gasteiger partial charge in [0.05, 0.1) is 18.1 Å². The summed E-state index contributed by atoms with van der Waals surface area (Å²) in [4.78, 5) is 2.29. The third-order valence-electron chi connectivity index (χ3n) is 3.57. The van der Waals surface area contributed by atoms with Gasteiger partial charge in [-0.15, -0.1) is 5.10 Å². The molecule has 1 aromatic heterocycles. The van der Waals surface area contributed by atoms with Crippen LogP contribution in [0.1, 0.15) is 12.8 Å². The highest BCUT2D eigenvalue weighted by molar-refractivity contribution is 7.92. The van der Waals surface area contributed by atoms with Gasteiger partial charge in [0.15, 0.2) is 5.82 Å². The Hall–Kier alpha value is -2.35. The molecular formula is C15H19N5O2S. The second-order valence-electron chi connectivity index (χ2n) is 5.57. The normalized spacial score (nSPS) is 14.7. The molecule has 8 heteroatoms. The van der Waals surface area contributed by atoms with Crippen LogP contribution in [-0.4, -0.2) is 38.0 Å². The molecule has 0 bridgehead atoms. The number of sulfonamides is 1. The molecule has 1 fully saturated rings. The van der Waals surface area contributed by atoms with Crippen LogP contribution in [0, 0.1) is 0 Å². The maximum absolute atomic E-state index is 11.2. The van der Waals surface area contributed by atoms with Crippen molar-refractivity contribution >= 4 is 32.9 Å². The molecule has 7 nitrogen and oxygen atoms in total. The van der Waals surface area contributed by atoms with Gasteiger partial charge in [0.25, 0.3) is 0 Å². The van der Waals surface area contributed by atoms with Gasteiger partial charge in [-0.3, -0.25) is 4.72 Å². The molecule has 3 rings (SSSR count). The zero-order valence-electron chi connectivity index (χ0n) is 12.9. The monoisotopic (exact) mass is 333 g/mol. The van der Waals surface area contributed by atoms with Crippen LogP contribution in [0.15, 0.2) is 36.5 Å². The first-order valence-electron chi connectivity index (χ1n) is 7.42. The first kappa shape index (κ1) is 15.5. The van der Waals surface area contributed by atoms with E-state index in [2.05, 4.69) is 25.1 Å². The summed E-state index contributed by atoms with van der Waals surface area (Å²) in [5.74, 6) is 0.665. The van der Waals surface area contributed by atoms with Crippen molar-refractivity contribution in [3.8, 4) is 0 Å². The molecule has 0 radical (unpaired) electrons. The predicted octanol–water partition coefficient (Wildman–Crippen LogP) is 2.19. The fraction of sp³-hybridized carbons (Fsp3) is 0.333. The van der Waals surface area contributed by atoms with Crippen LogP contribution in [0.2, 0.25) is 0 Å². The smallest absolute Gasteiger partial charge is 0.229 e. The SMILES string of the molecule is CS(=O)(=O)Nc1ccc(Nc2cc(N3CCCC3)cnn2)cc1. The molecule has 2 N–H and O–H groups in total. The molecule has 122 valence electrons. The number of benzene rings is 1. The highest BCUT2D eigenvalue weighted by Gasteiger charge is 2.13. The van der Waals surface area contributed by atoms with Crippen LogP contribution in [0.5, 0.6) is 0 Å². The maximum atomic E-state index is 11.2. The fourth-order valence-corrected chi connectivity index (χ4v) is 3.11. The number of hydrogen-bond donors (Lipinski definition) is 2. The third kappa shape index (κ3) is 4.32. The summed E-state index contributed by atoms with van der Waals surface area (Å²) in [5, 5.41) is 11.3. The summed E-state index contributed by atoms with van der Waals surface area (Å²) in [6, 6.07) is 8.94. The van der Waals surface area contributed by atoms with Crippen LogP contribution in [0.4, 0.5) is 22.9 Å². The van der Waals surface area contributed by atoms with E-state index in [-0.39, 0.29) is 0 Å². The van der Waals surface area contributed by atoms with E-state index in [1.54, 1.807) is 30.5 Å². The topological polar surface area (TPSA) is 87.2 Å². The van der Waals surface area contributed by atoms with E-state index in [1.165, 1.54) is 12.8 Å². The summed E-state index contributed by atoms with van der Waals surface area (Å²) >= 11 is 0. The number of rotatable bonds is 5. The largest absolute Gasteiger partial charge is 0.370 e. The molecule has 0 amide bonds. The van der Waals surface area contributed by atoms with Crippen LogP contribution >= 0.6 is 0 Å². The Morgan fingerprint density at radius 3 is 2.39 bits per heavy atom. The highest BCUT2D eigenvalue weighted by Crippen LogP contribution is 2.23. The minimum Gasteiger partial charge on any atom is -0.370 e. The van der Waals surface area contributed by atoms with Gasteiger partial charge in [0.1, 0.15) is 0 Å². The molecule has 1 saturated heterocycles. The molecule has 2 aromatic rings. The highest BCUT2D eigenvalue weighted by atomic mass is 32.2. The number of nitrogens with one attached hydrogen (secondary N) is 2. The second-order valence-corrected chi connectivity index (χ2v) is 7.32. The lowest BCUT2D eigenvalue weighted by molar-refractivity contribution is 0.607. The predicted molar refractivity (Wildman–Crippen MR) is 91.7 cm³/mol. The summed E-state index contributed by atoms with van der Waals surface area (Å²) in [6.45, 7) is 2.11. The first-order valence-corrected chi connectivity index (χ1v) is 9.31. The van der Waals surface area contributed by atoms with Gasteiger partial charge in [-0.2, -0.15) is 5.10 Å². The molecule has 2 heterocycles. The molecule has 0 aliphatic carbocycles. The van der Waals surface area contributed by atoms with Gasteiger partial charge >= 0.3 is 0 Å². The van der Waals surface area contributed by atoms with E-state index in [4.69, 9.17) is 0 Å². The van der Waals surface area contributed by atoms with Crippen molar-refractivity contribution < 1.29 is 8.42 Å². The number of aromatic nitrogens is 2. The molecule has 1 aliphatic heterocycles. The summed E-state index contributed by atoms with van der Waals surface area (Å²) < 4.78 is 24.8. The van der Waals surface area contributed by atoms with Crippen molar-refractivity contribution in [1.82, 2.24) is 10.2 Å². The van der Waals surface area contributed by atoms with Crippen molar-refractivity contribution in [1.29, 1.82) is 0 Å². The van der Waals surface area contributed by atoms with Crippen molar-refractivity contribution in [2.24, 2.45) is 0 Å². The lowest BCUT2D eigenvalue weighted by Gasteiger charge is -2.17. The molecule has 23 heavy (non-hydrogen) atoms. The van der Waals surface area contributed by atoms with Gasteiger partial charge in [0.2, 0.25) is 10.0 Å². The van der Waals surface area contributed by atoms with Crippen LogP contribution in [0.3, 0.4) is 0 Å². The number of nitrogens with zero attached hydrogens (tertiary/aromatic N) is 3. The van der Waals surface area contributed by atoms with Crippen molar-refractivity contribution in [3.05, 3.63) is 36.5 Å². The Morgan fingerprint density at radius 1 is 1.09 bits per heavy atom. The standard InChI is InChI=1S/C15H19N5O2S/c1-23(21,22)19-13-6-4-12(5-7-13)17-15-10-14(11-16-18-15)20-8-2-3-9-20/h4-7,10-11,19H,2-3,8-9H2,1H3,(H,17,18). The Kier molecular flexibility index (Phi) is 4.33. The Labute approximate surface area is 135 Å². The molecule has 0 saturated carbocycles.